The molecule has 18 heavy (non-hydrogen) atoms. The van der Waals surface area contributed by atoms with Crippen LogP contribution in [0, 0.1) is 0 Å². The highest BCUT2D eigenvalue weighted by Crippen LogP contribution is 2.29. The van der Waals surface area contributed by atoms with Gasteiger partial charge in [0.25, 0.3) is 11.8 Å². The molecule has 0 spiro atoms. The first-order chi connectivity index (χ1) is 8.44. The van der Waals surface area contributed by atoms with Crippen LogP contribution < -0.4 is 0 Å². The van der Waals surface area contributed by atoms with Crippen molar-refractivity contribution in [3.63, 3.8) is 0 Å². The van der Waals surface area contributed by atoms with E-state index in [9.17, 15) is 13.6 Å². The smallest absolute Gasteiger partial charge is 0.282 e. The first-order valence-corrected chi connectivity index (χ1v) is 6.19. The second-order valence-corrected chi connectivity index (χ2v) is 5.35. The predicted octanol–water partition coefficient (Wildman–Crippen LogP) is 3.02. The number of benzene rings is 1. The second kappa shape index (κ2) is 3.78. The van der Waals surface area contributed by atoms with Gasteiger partial charge in [0, 0.05) is 15.4 Å². The van der Waals surface area contributed by atoms with Crippen molar-refractivity contribution in [3.05, 3.63) is 34.4 Å². The maximum absolute atomic E-state index is 12.7. The Bertz CT molecular complexity index is 630. The van der Waals surface area contributed by atoms with Gasteiger partial charge in [-0.05, 0) is 18.2 Å². The molecule has 0 atom stereocenters. The fourth-order valence-corrected chi connectivity index (χ4v) is 2.40. The minimum Gasteiger partial charge on any atom is -0.350 e. The van der Waals surface area contributed by atoms with E-state index in [0.29, 0.717) is 5.69 Å². The van der Waals surface area contributed by atoms with Gasteiger partial charge in [-0.2, -0.15) is 0 Å². The van der Waals surface area contributed by atoms with Crippen molar-refractivity contribution < 1.29 is 13.6 Å². The van der Waals surface area contributed by atoms with Crippen molar-refractivity contribution in [2.45, 2.75) is 5.92 Å². The van der Waals surface area contributed by atoms with E-state index in [1.54, 1.807) is 6.07 Å². The molecule has 0 aliphatic carbocycles. The number of likely N-dealkylation sites (tertiary alicyclic amines) is 1. The largest absolute Gasteiger partial charge is 0.350 e. The summed E-state index contributed by atoms with van der Waals surface area (Å²) in [6.45, 7) is -0.990. The highest BCUT2D eigenvalue weighted by molar-refractivity contribution is 9.10. The quantitative estimate of drug-likeness (QED) is 0.863. The average molecular weight is 315 g/mol. The Morgan fingerprint density at radius 1 is 1.33 bits per heavy atom. The van der Waals surface area contributed by atoms with Gasteiger partial charge >= 0.3 is 0 Å². The van der Waals surface area contributed by atoms with Gasteiger partial charge in [-0.1, -0.05) is 22.0 Å². The monoisotopic (exact) mass is 314 g/mol. The molecule has 1 aliphatic heterocycles. The van der Waals surface area contributed by atoms with Gasteiger partial charge in [0.2, 0.25) is 0 Å². The number of rotatable bonds is 1. The van der Waals surface area contributed by atoms with Crippen LogP contribution in [-0.4, -0.2) is 34.8 Å². The lowest BCUT2D eigenvalue weighted by atomic mass is 10.1. The van der Waals surface area contributed by atoms with Gasteiger partial charge in [-0.3, -0.25) is 4.79 Å². The van der Waals surface area contributed by atoms with E-state index < -0.39 is 19.0 Å². The molecule has 0 bridgehead atoms. The summed E-state index contributed by atoms with van der Waals surface area (Å²) in [5, 5.41) is 0.883. The number of aromatic nitrogens is 1. The molecule has 0 unspecified atom stereocenters. The van der Waals surface area contributed by atoms with Crippen LogP contribution in [0.1, 0.15) is 10.5 Å². The molecular weight excluding hydrogens is 306 g/mol. The van der Waals surface area contributed by atoms with Gasteiger partial charge in [0.15, 0.2) is 0 Å². The number of carbonyl (C=O) groups excluding carboxylic acids is 1. The average Bonchev–Trinajstić information content (AvgIpc) is 2.67. The van der Waals surface area contributed by atoms with Crippen molar-refractivity contribution in [2.75, 3.05) is 13.1 Å². The standard InChI is InChI=1S/C12H9BrF2N2O/c13-8-2-1-7-3-10(16-9(7)4-8)11(18)17-5-12(14,15)6-17/h1-4,16H,5-6H2. The van der Waals surface area contributed by atoms with Gasteiger partial charge < -0.3 is 9.88 Å². The molecule has 2 aromatic rings. The maximum atomic E-state index is 12.7. The third-order valence-electron chi connectivity index (χ3n) is 2.95. The van der Waals surface area contributed by atoms with Crippen LogP contribution in [-0.2, 0) is 0 Å². The summed E-state index contributed by atoms with van der Waals surface area (Å²) < 4.78 is 26.3. The van der Waals surface area contributed by atoms with Gasteiger partial charge in [-0.15, -0.1) is 0 Å². The van der Waals surface area contributed by atoms with Crippen LogP contribution >= 0.6 is 15.9 Å². The molecule has 0 saturated carbocycles. The molecule has 1 saturated heterocycles. The third-order valence-corrected chi connectivity index (χ3v) is 3.44. The number of H-pyrrole nitrogens is 1. The number of nitrogens with one attached hydrogen (secondary N) is 1. The number of nitrogens with zero attached hydrogens (tertiary/aromatic N) is 1. The Kier molecular flexibility index (Phi) is 2.45. The van der Waals surface area contributed by atoms with E-state index in [0.717, 1.165) is 20.3 Å². The second-order valence-electron chi connectivity index (χ2n) is 4.43. The molecule has 1 fully saturated rings. The Labute approximate surface area is 110 Å². The molecule has 94 valence electrons. The number of fused-ring (bicyclic) bond motifs is 1. The van der Waals surface area contributed by atoms with Crippen LogP contribution in [0.2, 0.25) is 0 Å². The molecule has 2 heterocycles. The fraction of sp³-hybridized carbons (Fsp3) is 0.250. The van der Waals surface area contributed by atoms with Crippen molar-refractivity contribution in [1.82, 2.24) is 9.88 Å². The van der Waals surface area contributed by atoms with Gasteiger partial charge in [-0.25, -0.2) is 8.78 Å². The predicted molar refractivity (Wildman–Crippen MR) is 66.8 cm³/mol. The summed E-state index contributed by atoms with van der Waals surface area (Å²) in [6.07, 6.45) is 0. The number of alkyl halides is 2. The lowest BCUT2D eigenvalue weighted by molar-refractivity contribution is -0.113. The van der Waals surface area contributed by atoms with Crippen LogP contribution in [0.15, 0.2) is 28.7 Å². The van der Waals surface area contributed by atoms with Crippen LogP contribution in [0.5, 0.6) is 0 Å². The maximum Gasteiger partial charge on any atom is 0.282 e. The molecule has 1 aromatic heterocycles. The first-order valence-electron chi connectivity index (χ1n) is 5.40. The zero-order valence-electron chi connectivity index (χ0n) is 9.21. The lowest BCUT2D eigenvalue weighted by Crippen LogP contribution is -2.58. The Morgan fingerprint density at radius 3 is 2.72 bits per heavy atom. The number of hydrogen-bond acceptors (Lipinski definition) is 1. The number of halogens is 3. The third kappa shape index (κ3) is 1.90. The van der Waals surface area contributed by atoms with Crippen LogP contribution in [0.25, 0.3) is 10.9 Å². The summed E-state index contributed by atoms with van der Waals surface area (Å²) >= 11 is 3.33. The van der Waals surface area contributed by atoms with Crippen molar-refractivity contribution in [1.29, 1.82) is 0 Å². The number of amides is 1. The van der Waals surface area contributed by atoms with Crippen LogP contribution in [0.3, 0.4) is 0 Å². The Balaban J connectivity index is 1.88. The molecule has 1 aromatic carbocycles. The molecule has 1 N–H and O–H groups in total. The lowest BCUT2D eigenvalue weighted by Gasteiger charge is -2.38. The Hall–Kier alpha value is -1.43. The van der Waals surface area contributed by atoms with E-state index in [1.807, 2.05) is 18.2 Å². The molecule has 0 radical (unpaired) electrons. The normalized spacial score (nSPS) is 17.8. The minimum absolute atomic E-state index is 0.346. The minimum atomic E-state index is -2.73. The first kappa shape index (κ1) is 11.6. The number of hydrogen-bond donors (Lipinski definition) is 1. The van der Waals surface area contributed by atoms with E-state index in [2.05, 4.69) is 20.9 Å². The van der Waals surface area contributed by atoms with E-state index in [-0.39, 0.29) is 5.91 Å². The topological polar surface area (TPSA) is 36.1 Å². The van der Waals surface area contributed by atoms with E-state index >= 15 is 0 Å². The van der Waals surface area contributed by atoms with E-state index in [4.69, 9.17) is 0 Å². The summed E-state index contributed by atoms with van der Waals surface area (Å²) in [4.78, 5) is 16.0. The molecule has 1 aliphatic rings. The van der Waals surface area contributed by atoms with Crippen molar-refractivity contribution in [2.24, 2.45) is 0 Å². The highest BCUT2D eigenvalue weighted by Gasteiger charge is 2.46. The van der Waals surface area contributed by atoms with Crippen molar-refractivity contribution in [3.8, 4) is 0 Å². The van der Waals surface area contributed by atoms with Gasteiger partial charge in [0.1, 0.15) is 5.69 Å². The highest BCUT2D eigenvalue weighted by atomic mass is 79.9. The van der Waals surface area contributed by atoms with Crippen molar-refractivity contribution >= 4 is 32.7 Å². The summed E-state index contributed by atoms with van der Waals surface area (Å²) in [7, 11) is 0. The fourth-order valence-electron chi connectivity index (χ4n) is 2.04. The molecular formula is C12H9BrF2N2O. The number of aromatic amines is 1. The molecule has 1 amide bonds. The number of carbonyl (C=O) groups is 1. The summed E-state index contributed by atoms with van der Waals surface area (Å²) in [6, 6.07) is 7.25. The zero-order chi connectivity index (χ0) is 12.9. The molecule has 3 rings (SSSR count). The molecule has 3 nitrogen and oxygen atoms in total. The van der Waals surface area contributed by atoms with Gasteiger partial charge in [0.05, 0.1) is 13.1 Å². The van der Waals surface area contributed by atoms with E-state index in [1.165, 1.54) is 0 Å². The molecule has 6 heteroatoms. The summed E-state index contributed by atoms with van der Waals surface area (Å²) in [5.74, 6) is -3.11. The zero-order valence-corrected chi connectivity index (χ0v) is 10.8. The SMILES string of the molecule is O=C(c1cc2ccc(Br)cc2[nH]1)N1CC(F)(F)C1. The summed E-state index contributed by atoms with van der Waals surface area (Å²) in [5.41, 5.74) is 1.15. The van der Waals surface area contributed by atoms with Crippen LogP contribution in [0.4, 0.5) is 8.78 Å². The Morgan fingerprint density at radius 2 is 2.06 bits per heavy atom.